The van der Waals surface area contributed by atoms with Crippen LogP contribution in [-0.2, 0) is 10.7 Å². The first-order valence-electron chi connectivity index (χ1n) is 3.76. The van der Waals surface area contributed by atoms with Gasteiger partial charge in [-0.05, 0) is 12.1 Å². The van der Waals surface area contributed by atoms with Gasteiger partial charge in [-0.25, -0.2) is 9.78 Å². The van der Waals surface area contributed by atoms with Crippen LogP contribution in [-0.4, -0.2) is 31.0 Å². The predicted octanol–water partition coefficient (Wildman–Crippen LogP) is 0.163. The van der Waals surface area contributed by atoms with E-state index < -0.39 is 25.5 Å². The van der Waals surface area contributed by atoms with E-state index in [1.54, 1.807) is 0 Å². The minimum absolute atomic E-state index is 0.330. The van der Waals surface area contributed by atoms with Crippen molar-refractivity contribution in [2.24, 2.45) is 0 Å². The van der Waals surface area contributed by atoms with Crippen molar-refractivity contribution >= 4 is 13.6 Å². The molecule has 0 fully saturated rings. The van der Waals surface area contributed by atoms with E-state index in [0.717, 1.165) is 12.1 Å². The van der Waals surface area contributed by atoms with Crippen LogP contribution in [0.4, 0.5) is 0 Å². The highest BCUT2D eigenvalue weighted by Gasteiger charge is 2.19. The van der Waals surface area contributed by atoms with E-state index in [1.807, 2.05) is 0 Å². The number of rotatable bonds is 3. The molecule has 1 rings (SSSR count). The van der Waals surface area contributed by atoms with Crippen LogP contribution in [0.15, 0.2) is 12.1 Å². The maximum atomic E-state index is 10.6. The number of aromatic carboxylic acids is 1. The van der Waals surface area contributed by atoms with Crippen LogP contribution >= 0.6 is 7.60 Å². The van der Waals surface area contributed by atoms with Crippen molar-refractivity contribution in [3.8, 4) is 5.75 Å². The average Bonchev–Trinajstić information content (AvgIpc) is 2.06. The second-order valence-corrected chi connectivity index (χ2v) is 4.44. The number of carbonyl (C=O) groups is 1. The summed E-state index contributed by atoms with van der Waals surface area (Å²) in [4.78, 5) is 31.2. The zero-order chi connectivity index (χ0) is 11.6. The van der Waals surface area contributed by atoms with Crippen molar-refractivity contribution < 1.29 is 29.4 Å². The van der Waals surface area contributed by atoms with Crippen molar-refractivity contribution in [1.82, 2.24) is 4.98 Å². The summed E-state index contributed by atoms with van der Waals surface area (Å²) in [5, 5.41) is 17.7. The third-order valence-corrected chi connectivity index (χ3v) is 2.24. The van der Waals surface area contributed by atoms with Gasteiger partial charge in [0.1, 0.15) is 11.4 Å². The molecule has 0 aromatic carbocycles. The summed E-state index contributed by atoms with van der Waals surface area (Å²) in [7, 11) is -4.38. The molecule has 0 amide bonds. The highest BCUT2D eigenvalue weighted by atomic mass is 31.2. The number of hydrogen-bond acceptors (Lipinski definition) is 4. The van der Waals surface area contributed by atoms with Gasteiger partial charge >= 0.3 is 13.6 Å². The van der Waals surface area contributed by atoms with Crippen LogP contribution in [0.25, 0.3) is 0 Å². The number of pyridine rings is 1. The molecular weight excluding hydrogens is 225 g/mol. The number of carboxylic acids is 1. The number of aromatic hydroxyl groups is 1. The van der Waals surface area contributed by atoms with Gasteiger partial charge < -0.3 is 20.0 Å². The molecule has 7 nitrogen and oxygen atoms in total. The summed E-state index contributed by atoms with van der Waals surface area (Å²) in [5.74, 6) is -1.77. The molecule has 8 heteroatoms. The summed E-state index contributed by atoms with van der Waals surface area (Å²) < 4.78 is 10.6. The molecule has 0 bridgehead atoms. The lowest BCUT2D eigenvalue weighted by Crippen LogP contribution is -2.03. The number of nitrogens with zero attached hydrogens (tertiary/aromatic N) is 1. The van der Waals surface area contributed by atoms with Gasteiger partial charge in [-0.15, -0.1) is 0 Å². The molecule has 0 spiro atoms. The van der Waals surface area contributed by atoms with Crippen LogP contribution < -0.4 is 0 Å². The Balaban J connectivity index is 3.11. The second-order valence-electron chi connectivity index (χ2n) is 2.79. The van der Waals surface area contributed by atoms with Crippen molar-refractivity contribution in [2.45, 2.75) is 6.16 Å². The molecule has 82 valence electrons. The van der Waals surface area contributed by atoms with E-state index in [4.69, 9.17) is 14.9 Å². The van der Waals surface area contributed by atoms with E-state index in [1.165, 1.54) is 0 Å². The number of carboxylic acid groups (broad SMARTS) is 1. The van der Waals surface area contributed by atoms with Crippen molar-refractivity contribution in [1.29, 1.82) is 0 Å². The first-order chi connectivity index (χ1) is 6.79. The van der Waals surface area contributed by atoms with E-state index in [-0.39, 0.29) is 11.4 Å². The largest absolute Gasteiger partial charge is 0.506 e. The quantitative estimate of drug-likeness (QED) is 0.547. The minimum Gasteiger partial charge on any atom is -0.506 e. The molecule has 4 N–H and O–H groups in total. The molecule has 0 aliphatic heterocycles. The number of aromatic nitrogens is 1. The molecule has 0 aliphatic rings. The third-order valence-electron chi connectivity index (χ3n) is 1.53. The van der Waals surface area contributed by atoms with Gasteiger partial charge in [0.15, 0.2) is 0 Å². The third kappa shape index (κ3) is 3.32. The highest BCUT2D eigenvalue weighted by Crippen LogP contribution is 2.40. The predicted molar refractivity (Wildman–Crippen MR) is 48.6 cm³/mol. The number of hydrogen-bond donors (Lipinski definition) is 4. The summed E-state index contributed by atoms with van der Waals surface area (Å²) in [6.45, 7) is 0. The molecule has 0 radical (unpaired) electrons. The fraction of sp³-hybridized carbons (Fsp3) is 0.143. The Hall–Kier alpha value is -1.43. The lowest BCUT2D eigenvalue weighted by atomic mass is 10.3. The first-order valence-corrected chi connectivity index (χ1v) is 5.56. The normalized spacial score (nSPS) is 11.3. The fourth-order valence-electron chi connectivity index (χ4n) is 0.925. The van der Waals surface area contributed by atoms with Crippen LogP contribution in [0.3, 0.4) is 0 Å². The fourth-order valence-corrected chi connectivity index (χ4v) is 1.55. The van der Waals surface area contributed by atoms with Crippen molar-refractivity contribution in [3.05, 3.63) is 23.5 Å². The van der Waals surface area contributed by atoms with Gasteiger partial charge in [-0.3, -0.25) is 4.57 Å². The SMILES string of the molecule is O=C(O)c1ccc(O)c(CP(=O)(O)O)n1. The second kappa shape index (κ2) is 3.98. The van der Waals surface area contributed by atoms with Gasteiger partial charge in [-0.2, -0.15) is 0 Å². The Labute approximate surface area is 84.2 Å². The lowest BCUT2D eigenvalue weighted by molar-refractivity contribution is 0.0690. The Morgan fingerprint density at radius 1 is 1.40 bits per heavy atom. The summed E-state index contributed by atoms with van der Waals surface area (Å²) in [6, 6.07) is 2.07. The molecule has 15 heavy (non-hydrogen) atoms. The maximum Gasteiger partial charge on any atom is 0.354 e. The Morgan fingerprint density at radius 3 is 2.47 bits per heavy atom. The van der Waals surface area contributed by atoms with Gasteiger partial charge in [0.05, 0.1) is 11.9 Å². The van der Waals surface area contributed by atoms with Crippen molar-refractivity contribution in [2.75, 3.05) is 0 Å². The summed E-state index contributed by atoms with van der Waals surface area (Å²) in [5.41, 5.74) is -0.709. The van der Waals surface area contributed by atoms with Crippen LogP contribution in [0.2, 0.25) is 0 Å². The van der Waals surface area contributed by atoms with E-state index >= 15 is 0 Å². The van der Waals surface area contributed by atoms with Gasteiger partial charge in [0, 0.05) is 0 Å². The van der Waals surface area contributed by atoms with Crippen molar-refractivity contribution in [3.63, 3.8) is 0 Å². The molecule has 1 aromatic rings. The molecule has 1 heterocycles. The standard InChI is InChI=1S/C7H8NO6P/c9-6-2-1-4(7(10)11)8-5(6)3-15(12,13)14/h1-2,9H,3H2,(H,10,11)(H2,12,13,14). The van der Waals surface area contributed by atoms with Crippen LogP contribution in [0, 0.1) is 0 Å². The summed E-state index contributed by atoms with van der Waals surface area (Å²) >= 11 is 0. The molecule has 0 saturated heterocycles. The van der Waals surface area contributed by atoms with Gasteiger partial charge in [0.25, 0.3) is 0 Å². The van der Waals surface area contributed by atoms with E-state index in [2.05, 4.69) is 4.98 Å². The van der Waals surface area contributed by atoms with Gasteiger partial charge in [0.2, 0.25) is 0 Å². The first kappa shape index (κ1) is 11.6. The molecule has 1 aromatic heterocycles. The molecular formula is C7H8NO6P. The summed E-state index contributed by atoms with van der Waals surface area (Å²) in [6.07, 6.45) is -0.792. The van der Waals surface area contributed by atoms with E-state index in [0.29, 0.717) is 0 Å². The molecule has 0 saturated carbocycles. The zero-order valence-corrected chi connectivity index (χ0v) is 8.26. The Bertz CT molecular complexity index is 439. The molecule has 0 unspecified atom stereocenters. The van der Waals surface area contributed by atoms with Gasteiger partial charge in [-0.1, -0.05) is 0 Å². The molecule has 0 atom stereocenters. The Morgan fingerprint density at radius 2 is 2.00 bits per heavy atom. The average molecular weight is 233 g/mol. The smallest absolute Gasteiger partial charge is 0.354 e. The Kier molecular flexibility index (Phi) is 3.09. The maximum absolute atomic E-state index is 10.6. The lowest BCUT2D eigenvalue weighted by Gasteiger charge is -2.05. The van der Waals surface area contributed by atoms with Crippen LogP contribution in [0.5, 0.6) is 5.75 Å². The zero-order valence-electron chi connectivity index (χ0n) is 7.36. The minimum atomic E-state index is -4.38. The molecule has 0 aliphatic carbocycles. The van der Waals surface area contributed by atoms with E-state index in [9.17, 15) is 14.5 Å². The highest BCUT2D eigenvalue weighted by molar-refractivity contribution is 7.50. The monoisotopic (exact) mass is 233 g/mol. The topological polar surface area (TPSA) is 128 Å². The van der Waals surface area contributed by atoms with Crippen LogP contribution in [0.1, 0.15) is 16.2 Å².